The molecular weight excluding hydrogens is 304 g/mol. The Labute approximate surface area is 131 Å². The second kappa shape index (κ2) is 6.66. The molecule has 0 unspecified atom stereocenters. The van der Waals surface area contributed by atoms with Crippen LogP contribution in [0.4, 0.5) is 0 Å². The maximum absolute atomic E-state index is 12.7. The first kappa shape index (κ1) is 16.8. The summed E-state index contributed by atoms with van der Waals surface area (Å²) in [5, 5.41) is 0. The molecular formula is C15H22N2O4S. The number of carbonyl (C=O) groups is 1. The van der Waals surface area contributed by atoms with Gasteiger partial charge < -0.3 is 9.64 Å². The van der Waals surface area contributed by atoms with Crippen LogP contribution in [0.5, 0.6) is 5.75 Å². The number of amides is 1. The molecule has 1 saturated heterocycles. The summed E-state index contributed by atoms with van der Waals surface area (Å²) in [5.41, 5.74) is 1.61. The molecule has 1 aromatic rings. The van der Waals surface area contributed by atoms with Gasteiger partial charge in [0.15, 0.2) is 0 Å². The van der Waals surface area contributed by atoms with Gasteiger partial charge in [-0.25, -0.2) is 8.42 Å². The molecule has 1 aliphatic heterocycles. The average Bonchev–Trinajstić information content (AvgIpc) is 2.52. The Kier molecular flexibility index (Phi) is 5.08. The SMILES string of the molecule is CCc1ccc(OC)c(C(=O)N2CCN(S(C)(=O)=O)CC2)c1. The van der Waals surface area contributed by atoms with Gasteiger partial charge in [0, 0.05) is 26.2 Å². The summed E-state index contributed by atoms with van der Waals surface area (Å²) in [6.07, 6.45) is 2.03. The van der Waals surface area contributed by atoms with E-state index in [1.54, 1.807) is 18.1 Å². The number of methoxy groups -OCH3 is 1. The van der Waals surface area contributed by atoms with E-state index in [1.165, 1.54) is 10.6 Å². The minimum atomic E-state index is -3.19. The Hall–Kier alpha value is -1.60. The third kappa shape index (κ3) is 3.59. The molecule has 122 valence electrons. The van der Waals surface area contributed by atoms with Crippen molar-refractivity contribution in [2.45, 2.75) is 13.3 Å². The van der Waals surface area contributed by atoms with E-state index < -0.39 is 10.0 Å². The molecule has 7 heteroatoms. The number of nitrogens with zero attached hydrogens (tertiary/aromatic N) is 2. The van der Waals surface area contributed by atoms with Crippen molar-refractivity contribution in [3.05, 3.63) is 29.3 Å². The Morgan fingerprint density at radius 2 is 1.86 bits per heavy atom. The van der Waals surface area contributed by atoms with Gasteiger partial charge in [0.2, 0.25) is 10.0 Å². The molecule has 0 N–H and O–H groups in total. The van der Waals surface area contributed by atoms with E-state index in [-0.39, 0.29) is 5.91 Å². The standard InChI is InChI=1S/C15H22N2O4S/c1-4-12-5-6-14(21-2)13(11-12)15(18)16-7-9-17(10-8-16)22(3,19)20/h5-6,11H,4,7-10H2,1-3H3. The molecule has 0 spiro atoms. The van der Waals surface area contributed by atoms with Gasteiger partial charge in [-0.15, -0.1) is 0 Å². The number of hydrogen-bond acceptors (Lipinski definition) is 4. The molecule has 0 bridgehead atoms. The number of sulfonamides is 1. The third-order valence-electron chi connectivity index (χ3n) is 3.90. The van der Waals surface area contributed by atoms with E-state index in [2.05, 4.69) is 0 Å². The first-order valence-electron chi connectivity index (χ1n) is 7.28. The molecule has 0 radical (unpaired) electrons. The number of aryl methyl sites for hydroxylation is 1. The number of benzene rings is 1. The predicted octanol–water partition coefficient (Wildman–Crippen LogP) is 0.975. The van der Waals surface area contributed by atoms with Crippen LogP contribution in [0.25, 0.3) is 0 Å². The van der Waals surface area contributed by atoms with Gasteiger partial charge in [-0.1, -0.05) is 13.0 Å². The van der Waals surface area contributed by atoms with Gasteiger partial charge in [-0.05, 0) is 24.1 Å². The van der Waals surface area contributed by atoms with E-state index in [0.717, 1.165) is 12.0 Å². The molecule has 0 aromatic heterocycles. The molecule has 1 heterocycles. The lowest BCUT2D eigenvalue weighted by Crippen LogP contribution is -2.50. The summed E-state index contributed by atoms with van der Waals surface area (Å²) in [6, 6.07) is 5.60. The number of piperazine rings is 1. The number of ether oxygens (including phenoxy) is 1. The van der Waals surface area contributed by atoms with Crippen molar-refractivity contribution in [1.82, 2.24) is 9.21 Å². The van der Waals surface area contributed by atoms with Gasteiger partial charge in [0.25, 0.3) is 5.91 Å². The highest BCUT2D eigenvalue weighted by atomic mass is 32.2. The number of rotatable bonds is 4. The average molecular weight is 326 g/mol. The van der Waals surface area contributed by atoms with Gasteiger partial charge in [-0.2, -0.15) is 4.31 Å². The molecule has 1 amide bonds. The molecule has 2 rings (SSSR count). The highest BCUT2D eigenvalue weighted by Gasteiger charge is 2.27. The molecule has 6 nitrogen and oxygen atoms in total. The largest absolute Gasteiger partial charge is 0.496 e. The molecule has 1 fully saturated rings. The quantitative estimate of drug-likeness (QED) is 0.827. The van der Waals surface area contributed by atoms with Crippen LogP contribution in [0.2, 0.25) is 0 Å². The highest BCUT2D eigenvalue weighted by molar-refractivity contribution is 7.88. The van der Waals surface area contributed by atoms with Crippen LogP contribution in [0.1, 0.15) is 22.8 Å². The third-order valence-corrected chi connectivity index (χ3v) is 5.20. The smallest absolute Gasteiger partial charge is 0.257 e. The van der Waals surface area contributed by atoms with E-state index in [0.29, 0.717) is 37.5 Å². The van der Waals surface area contributed by atoms with E-state index in [9.17, 15) is 13.2 Å². The molecule has 0 aliphatic carbocycles. The zero-order chi connectivity index (χ0) is 16.3. The summed E-state index contributed by atoms with van der Waals surface area (Å²) in [4.78, 5) is 14.4. The Bertz CT molecular complexity index is 650. The molecule has 0 saturated carbocycles. The summed E-state index contributed by atoms with van der Waals surface area (Å²) in [7, 11) is -1.65. The van der Waals surface area contributed by atoms with Crippen LogP contribution >= 0.6 is 0 Å². The fraction of sp³-hybridized carbons (Fsp3) is 0.533. The van der Waals surface area contributed by atoms with E-state index in [4.69, 9.17) is 4.74 Å². The fourth-order valence-corrected chi connectivity index (χ4v) is 3.36. The van der Waals surface area contributed by atoms with Gasteiger partial charge >= 0.3 is 0 Å². The summed E-state index contributed by atoms with van der Waals surface area (Å²) >= 11 is 0. The van der Waals surface area contributed by atoms with E-state index in [1.807, 2.05) is 19.1 Å². The molecule has 22 heavy (non-hydrogen) atoms. The van der Waals surface area contributed by atoms with Crippen molar-refractivity contribution in [2.75, 3.05) is 39.5 Å². The Morgan fingerprint density at radius 1 is 1.23 bits per heavy atom. The maximum atomic E-state index is 12.7. The Morgan fingerprint density at radius 3 is 2.36 bits per heavy atom. The maximum Gasteiger partial charge on any atom is 0.257 e. The van der Waals surface area contributed by atoms with Crippen molar-refractivity contribution >= 4 is 15.9 Å². The van der Waals surface area contributed by atoms with Crippen molar-refractivity contribution in [1.29, 1.82) is 0 Å². The van der Waals surface area contributed by atoms with Crippen molar-refractivity contribution in [2.24, 2.45) is 0 Å². The lowest BCUT2D eigenvalue weighted by molar-refractivity contribution is 0.0695. The number of hydrogen-bond donors (Lipinski definition) is 0. The lowest BCUT2D eigenvalue weighted by Gasteiger charge is -2.33. The normalized spacial score (nSPS) is 16.6. The zero-order valence-corrected chi connectivity index (χ0v) is 14.0. The van der Waals surface area contributed by atoms with Crippen LogP contribution in [0, 0.1) is 0 Å². The highest BCUT2D eigenvalue weighted by Crippen LogP contribution is 2.23. The van der Waals surface area contributed by atoms with Crippen molar-refractivity contribution in [3.63, 3.8) is 0 Å². The Balaban J connectivity index is 2.16. The van der Waals surface area contributed by atoms with Gasteiger partial charge in [0.1, 0.15) is 5.75 Å². The topological polar surface area (TPSA) is 66.9 Å². The molecule has 1 aromatic carbocycles. The minimum Gasteiger partial charge on any atom is -0.496 e. The second-order valence-corrected chi connectivity index (χ2v) is 7.32. The van der Waals surface area contributed by atoms with Crippen LogP contribution < -0.4 is 4.74 Å². The van der Waals surface area contributed by atoms with Gasteiger partial charge in [0.05, 0.1) is 18.9 Å². The monoisotopic (exact) mass is 326 g/mol. The van der Waals surface area contributed by atoms with Crippen LogP contribution in [-0.2, 0) is 16.4 Å². The lowest BCUT2D eigenvalue weighted by atomic mass is 10.1. The van der Waals surface area contributed by atoms with Crippen LogP contribution in [0.3, 0.4) is 0 Å². The summed E-state index contributed by atoms with van der Waals surface area (Å²) in [6.45, 7) is 3.48. The second-order valence-electron chi connectivity index (χ2n) is 5.34. The summed E-state index contributed by atoms with van der Waals surface area (Å²) in [5.74, 6) is 0.438. The van der Waals surface area contributed by atoms with Crippen LogP contribution in [-0.4, -0.2) is 63.1 Å². The fourth-order valence-electron chi connectivity index (χ4n) is 2.54. The summed E-state index contributed by atoms with van der Waals surface area (Å²) < 4.78 is 29.7. The van der Waals surface area contributed by atoms with Crippen molar-refractivity contribution in [3.8, 4) is 5.75 Å². The molecule has 1 aliphatic rings. The van der Waals surface area contributed by atoms with Crippen LogP contribution in [0.15, 0.2) is 18.2 Å². The first-order valence-corrected chi connectivity index (χ1v) is 9.13. The van der Waals surface area contributed by atoms with E-state index >= 15 is 0 Å². The van der Waals surface area contributed by atoms with Crippen molar-refractivity contribution < 1.29 is 17.9 Å². The zero-order valence-electron chi connectivity index (χ0n) is 13.2. The first-order chi connectivity index (χ1) is 10.4. The number of carbonyl (C=O) groups excluding carboxylic acids is 1. The minimum absolute atomic E-state index is 0.111. The molecule has 0 atom stereocenters. The van der Waals surface area contributed by atoms with Gasteiger partial charge in [-0.3, -0.25) is 4.79 Å². The predicted molar refractivity (Wildman–Crippen MR) is 84.7 cm³/mol.